The van der Waals surface area contributed by atoms with Gasteiger partial charge in [-0.15, -0.1) is 0 Å². The van der Waals surface area contributed by atoms with E-state index in [9.17, 15) is 4.79 Å². The van der Waals surface area contributed by atoms with Gasteiger partial charge in [0.05, 0.1) is 0 Å². The van der Waals surface area contributed by atoms with E-state index in [4.69, 9.17) is 4.65 Å². The smallest absolute Gasteiger partial charge is 0.249 e. The van der Waals surface area contributed by atoms with Gasteiger partial charge in [0.15, 0.2) is 0 Å². The Balaban J connectivity index is 1.88. The Kier molecular flexibility index (Phi) is 9.70. The highest BCUT2D eigenvalue weighted by molar-refractivity contribution is 7.68. The number of hydrogen-bond acceptors (Lipinski definition) is 2. The van der Waals surface area contributed by atoms with E-state index in [0.717, 1.165) is 16.4 Å². The van der Waals surface area contributed by atoms with Gasteiger partial charge in [-0.2, -0.15) is 16.4 Å². The molecular formula is C37H45B2O2P2-. The lowest BCUT2D eigenvalue weighted by atomic mass is 9.16. The third kappa shape index (κ3) is 5.56. The summed E-state index contributed by atoms with van der Waals surface area (Å²) in [5.41, 5.74) is 9.42. The Morgan fingerprint density at radius 3 is 1.37 bits per heavy atom. The standard InChI is InChI=1S/C37H45B2O2P2/c1-26(2)42(27(3)4)36-23-15-11-19-32(36)38-30-17-9-12-20-33(30)39(41-25-40,34-21-13-10-18-31(34)38)35-22-14-16-24-37(35)43(28(5)6)29(7)8/h9-29H,1-8H3/q-1. The molecule has 0 unspecified atom stereocenters. The molecular weight excluding hydrogens is 560 g/mol. The summed E-state index contributed by atoms with van der Waals surface area (Å²) in [6, 6.07) is 35.5. The minimum atomic E-state index is -2.02. The van der Waals surface area contributed by atoms with E-state index >= 15 is 0 Å². The van der Waals surface area contributed by atoms with Crippen molar-refractivity contribution in [1.82, 2.24) is 0 Å². The predicted molar refractivity (Wildman–Crippen MR) is 196 cm³/mol. The van der Waals surface area contributed by atoms with Crippen LogP contribution in [-0.4, -0.2) is 42.2 Å². The van der Waals surface area contributed by atoms with E-state index < -0.39 is 14.3 Å². The van der Waals surface area contributed by atoms with Gasteiger partial charge in [0, 0.05) is 0 Å². The molecule has 4 aromatic carbocycles. The Bertz CT molecular complexity index is 1520. The van der Waals surface area contributed by atoms with Gasteiger partial charge in [-0.3, -0.25) is 4.79 Å². The number of hydrogen-bond donors (Lipinski definition) is 0. The van der Waals surface area contributed by atoms with Crippen molar-refractivity contribution < 1.29 is 9.45 Å². The molecule has 0 aliphatic carbocycles. The van der Waals surface area contributed by atoms with E-state index in [0.29, 0.717) is 29.1 Å². The van der Waals surface area contributed by atoms with Crippen LogP contribution in [0.2, 0.25) is 0 Å². The second-order valence-electron chi connectivity index (χ2n) is 13.0. The highest BCUT2D eigenvalue weighted by Gasteiger charge is 2.45. The number of carbonyl (C=O) groups is 1. The molecule has 0 spiro atoms. The molecule has 43 heavy (non-hydrogen) atoms. The zero-order chi connectivity index (χ0) is 30.9. The van der Waals surface area contributed by atoms with Crippen molar-refractivity contribution in [1.29, 1.82) is 0 Å². The van der Waals surface area contributed by atoms with Gasteiger partial charge < -0.3 is 4.65 Å². The van der Waals surface area contributed by atoms with Crippen molar-refractivity contribution in [2.45, 2.75) is 78.0 Å². The van der Waals surface area contributed by atoms with Gasteiger partial charge in [-0.05, 0) is 27.9 Å². The second kappa shape index (κ2) is 13.1. The Labute approximate surface area is 262 Å². The first-order chi connectivity index (χ1) is 20.6. The molecule has 0 aromatic heterocycles. The third-order valence-electron chi connectivity index (χ3n) is 9.15. The zero-order valence-electron chi connectivity index (χ0n) is 27.0. The summed E-state index contributed by atoms with van der Waals surface area (Å²) in [6.07, 6.45) is -2.02. The van der Waals surface area contributed by atoms with Gasteiger partial charge in [0.1, 0.15) is 0 Å². The number of fused-ring (bicyclic) bond motifs is 2. The quantitative estimate of drug-likeness (QED) is 0.151. The van der Waals surface area contributed by atoms with Crippen LogP contribution in [0.25, 0.3) is 0 Å². The summed E-state index contributed by atoms with van der Waals surface area (Å²) in [4.78, 5) is 12.7. The maximum absolute atomic E-state index is 12.7. The van der Waals surface area contributed by atoms with Crippen LogP contribution in [-0.2, 0) is 9.45 Å². The maximum Gasteiger partial charge on any atom is 0.249 e. The zero-order valence-corrected chi connectivity index (χ0v) is 28.8. The summed E-state index contributed by atoms with van der Waals surface area (Å²) in [7, 11) is -0.882. The summed E-state index contributed by atoms with van der Waals surface area (Å²) >= 11 is 0. The molecule has 0 fully saturated rings. The molecule has 2 nitrogen and oxygen atoms in total. The van der Waals surface area contributed by atoms with E-state index in [1.165, 1.54) is 27.0 Å². The molecule has 1 aliphatic heterocycles. The SMILES string of the molecule is CC(C)P(c1ccccc1B1c2ccccc2[B-](OC=O)(c2ccccc2P(C(C)C)C(C)C)c2ccccc21)C(C)C. The molecule has 0 N–H and O–H groups in total. The van der Waals surface area contributed by atoms with Gasteiger partial charge >= 0.3 is 0 Å². The van der Waals surface area contributed by atoms with Crippen LogP contribution >= 0.6 is 15.8 Å². The summed E-state index contributed by atoms with van der Waals surface area (Å²) in [5.74, 6) is 0. The average molecular weight is 605 g/mol. The average Bonchev–Trinajstić information content (AvgIpc) is 2.97. The van der Waals surface area contributed by atoms with Gasteiger partial charge in [-0.1, -0.05) is 190 Å². The lowest BCUT2D eigenvalue weighted by molar-refractivity contribution is -0.121. The Hall–Kier alpha value is -2.66. The number of carbonyl (C=O) groups excluding carboxylic acids is 1. The topological polar surface area (TPSA) is 26.3 Å². The van der Waals surface area contributed by atoms with E-state index in [1.807, 2.05) is 0 Å². The Morgan fingerprint density at radius 2 is 0.907 bits per heavy atom. The maximum atomic E-state index is 12.7. The first-order valence-electron chi connectivity index (χ1n) is 15.8. The molecule has 1 aliphatic rings. The fourth-order valence-corrected chi connectivity index (χ4v) is 14.1. The third-order valence-corrected chi connectivity index (χ3v) is 15.5. The van der Waals surface area contributed by atoms with Crippen LogP contribution < -0.4 is 43.4 Å². The van der Waals surface area contributed by atoms with Gasteiger partial charge in [0.25, 0.3) is 0 Å². The van der Waals surface area contributed by atoms with Crippen molar-refractivity contribution in [2.75, 3.05) is 0 Å². The van der Waals surface area contributed by atoms with E-state index in [-0.39, 0.29) is 14.6 Å². The molecule has 0 radical (unpaired) electrons. The molecule has 0 saturated heterocycles. The molecule has 5 rings (SSSR count). The fourth-order valence-electron chi connectivity index (χ4n) is 7.93. The first kappa shape index (κ1) is 31.8. The summed E-state index contributed by atoms with van der Waals surface area (Å²) < 4.78 is 6.59. The van der Waals surface area contributed by atoms with Crippen LogP contribution in [0.3, 0.4) is 0 Å². The highest BCUT2D eigenvalue weighted by Crippen LogP contribution is 2.45. The van der Waals surface area contributed by atoms with Gasteiger partial charge in [-0.25, -0.2) is 0 Å². The monoisotopic (exact) mass is 605 g/mol. The highest BCUT2D eigenvalue weighted by atomic mass is 31.1. The molecule has 6 heteroatoms. The van der Waals surface area contributed by atoms with Crippen LogP contribution in [0.4, 0.5) is 0 Å². The number of rotatable bonds is 10. The van der Waals surface area contributed by atoms with Crippen molar-refractivity contribution in [3.05, 3.63) is 97.1 Å². The lowest BCUT2D eigenvalue weighted by Gasteiger charge is -2.51. The summed E-state index contributed by atoms with van der Waals surface area (Å²) in [6.45, 7) is 19.6. The van der Waals surface area contributed by atoms with E-state index in [2.05, 4.69) is 152 Å². The molecule has 0 atom stereocenters. The molecule has 0 amide bonds. The molecule has 0 bridgehead atoms. The largest absolute Gasteiger partial charge is 0.679 e. The molecule has 222 valence electrons. The van der Waals surface area contributed by atoms with Crippen molar-refractivity contribution in [2.24, 2.45) is 0 Å². The first-order valence-corrected chi connectivity index (χ1v) is 18.8. The second-order valence-corrected chi connectivity index (χ2v) is 19.7. The molecule has 1 heterocycles. The van der Waals surface area contributed by atoms with Crippen molar-refractivity contribution in [3.8, 4) is 0 Å². The van der Waals surface area contributed by atoms with Crippen molar-refractivity contribution in [3.63, 3.8) is 0 Å². The molecule has 4 aromatic rings. The minimum absolute atomic E-state index is 0.0558. The van der Waals surface area contributed by atoms with Crippen LogP contribution in [0.1, 0.15) is 55.4 Å². The van der Waals surface area contributed by atoms with Crippen LogP contribution in [0.5, 0.6) is 0 Å². The summed E-state index contributed by atoms with van der Waals surface area (Å²) in [5, 5.41) is 2.83. The van der Waals surface area contributed by atoms with Crippen molar-refractivity contribution >= 4 is 78.8 Å². The molecule has 0 saturated carbocycles. The predicted octanol–water partition coefficient (Wildman–Crippen LogP) is 4.50. The fraction of sp³-hybridized carbons (Fsp3) is 0.324. The van der Waals surface area contributed by atoms with Crippen LogP contribution in [0.15, 0.2) is 97.1 Å². The lowest BCUT2D eigenvalue weighted by Crippen LogP contribution is -2.85. The Morgan fingerprint density at radius 1 is 0.535 bits per heavy atom. The normalized spacial score (nSPS) is 14.1. The van der Waals surface area contributed by atoms with E-state index in [1.54, 1.807) is 0 Å². The van der Waals surface area contributed by atoms with Crippen LogP contribution in [0, 0.1) is 0 Å². The number of benzene rings is 4. The minimum Gasteiger partial charge on any atom is -0.679 e. The van der Waals surface area contributed by atoms with Gasteiger partial charge in [0.2, 0.25) is 19.5 Å².